The SMILES string of the molecule is CC1(C(C)(O)c2occc2Br)CC1. The summed E-state index contributed by atoms with van der Waals surface area (Å²) in [6.45, 7) is 3.91. The van der Waals surface area contributed by atoms with E-state index in [1.165, 1.54) is 0 Å². The normalized spacial score (nSPS) is 24.0. The minimum Gasteiger partial charge on any atom is -0.465 e. The molecule has 1 unspecified atom stereocenters. The minimum atomic E-state index is -0.852. The lowest BCUT2D eigenvalue weighted by Gasteiger charge is -2.28. The number of aliphatic hydroxyl groups is 1. The summed E-state index contributed by atoms with van der Waals surface area (Å²) in [6.07, 6.45) is 3.72. The minimum absolute atomic E-state index is 0.00657. The fourth-order valence-corrected chi connectivity index (χ4v) is 2.18. The van der Waals surface area contributed by atoms with Gasteiger partial charge in [-0.2, -0.15) is 0 Å². The summed E-state index contributed by atoms with van der Waals surface area (Å²) in [5, 5.41) is 10.3. The highest BCUT2D eigenvalue weighted by atomic mass is 79.9. The Balaban J connectivity index is 2.40. The van der Waals surface area contributed by atoms with E-state index in [0.29, 0.717) is 5.76 Å². The van der Waals surface area contributed by atoms with Crippen LogP contribution in [0, 0.1) is 5.41 Å². The smallest absolute Gasteiger partial charge is 0.149 e. The lowest BCUT2D eigenvalue weighted by Crippen LogP contribution is -2.31. The van der Waals surface area contributed by atoms with Crippen LogP contribution in [0.4, 0.5) is 0 Å². The molecule has 1 aliphatic carbocycles. The summed E-state index contributed by atoms with van der Waals surface area (Å²) in [4.78, 5) is 0. The molecule has 1 aromatic rings. The summed E-state index contributed by atoms with van der Waals surface area (Å²) < 4.78 is 6.15. The summed E-state index contributed by atoms with van der Waals surface area (Å²) >= 11 is 3.37. The third kappa shape index (κ3) is 1.25. The average molecular weight is 245 g/mol. The molecule has 1 saturated carbocycles. The Kier molecular flexibility index (Phi) is 1.86. The fourth-order valence-electron chi connectivity index (χ4n) is 1.59. The van der Waals surface area contributed by atoms with E-state index in [4.69, 9.17) is 4.42 Å². The van der Waals surface area contributed by atoms with Crippen LogP contribution in [0.15, 0.2) is 21.2 Å². The molecule has 0 amide bonds. The van der Waals surface area contributed by atoms with Crippen LogP contribution in [0.1, 0.15) is 32.4 Å². The topological polar surface area (TPSA) is 33.4 Å². The first-order valence-corrected chi connectivity index (χ1v) is 5.22. The van der Waals surface area contributed by atoms with Crippen LogP contribution in [0.5, 0.6) is 0 Å². The van der Waals surface area contributed by atoms with Crippen LogP contribution < -0.4 is 0 Å². The van der Waals surface area contributed by atoms with E-state index in [0.717, 1.165) is 17.3 Å². The van der Waals surface area contributed by atoms with Crippen molar-refractivity contribution in [1.29, 1.82) is 0 Å². The molecule has 0 radical (unpaired) electrons. The third-order valence-corrected chi connectivity index (χ3v) is 3.86. The van der Waals surface area contributed by atoms with E-state index in [1.54, 1.807) is 6.26 Å². The Morgan fingerprint density at radius 1 is 1.62 bits per heavy atom. The summed E-state index contributed by atoms with van der Waals surface area (Å²) in [5.74, 6) is 0.646. The molecule has 0 aliphatic heterocycles. The van der Waals surface area contributed by atoms with Gasteiger partial charge >= 0.3 is 0 Å². The highest BCUT2D eigenvalue weighted by Gasteiger charge is 2.55. The molecule has 1 aliphatic rings. The van der Waals surface area contributed by atoms with E-state index >= 15 is 0 Å². The summed E-state index contributed by atoms with van der Waals surface area (Å²) in [5.41, 5.74) is -0.858. The predicted octanol–water partition coefficient (Wildman–Crippen LogP) is 3.05. The molecule has 0 aromatic carbocycles. The lowest BCUT2D eigenvalue weighted by molar-refractivity contribution is -0.0324. The van der Waals surface area contributed by atoms with E-state index in [1.807, 2.05) is 13.0 Å². The standard InChI is InChI=1S/C10H13BrO2/c1-9(4-5-9)10(2,12)8-7(11)3-6-13-8/h3,6,12H,4-5H2,1-2H3. The van der Waals surface area contributed by atoms with Gasteiger partial charge in [0, 0.05) is 5.41 Å². The molecule has 2 rings (SSSR count). The van der Waals surface area contributed by atoms with Crippen molar-refractivity contribution in [1.82, 2.24) is 0 Å². The lowest BCUT2D eigenvalue weighted by atomic mass is 9.85. The van der Waals surface area contributed by atoms with Gasteiger partial charge in [-0.25, -0.2) is 0 Å². The van der Waals surface area contributed by atoms with Gasteiger partial charge in [-0.05, 0) is 41.8 Å². The first-order valence-electron chi connectivity index (χ1n) is 4.43. The second kappa shape index (κ2) is 2.61. The molecule has 1 N–H and O–H groups in total. The fraction of sp³-hybridized carbons (Fsp3) is 0.600. The molecule has 0 spiro atoms. The van der Waals surface area contributed by atoms with Gasteiger partial charge in [0.2, 0.25) is 0 Å². The van der Waals surface area contributed by atoms with Gasteiger partial charge in [0.25, 0.3) is 0 Å². The Bertz CT molecular complexity index is 323. The zero-order chi connectivity index (χ0) is 9.69. The van der Waals surface area contributed by atoms with Crippen molar-refractivity contribution in [3.05, 3.63) is 22.6 Å². The van der Waals surface area contributed by atoms with Gasteiger partial charge in [-0.15, -0.1) is 0 Å². The van der Waals surface area contributed by atoms with E-state index in [9.17, 15) is 5.11 Å². The number of hydrogen-bond acceptors (Lipinski definition) is 2. The molecule has 3 heteroatoms. The zero-order valence-corrected chi connectivity index (χ0v) is 9.39. The predicted molar refractivity (Wildman–Crippen MR) is 53.3 cm³/mol. The first-order chi connectivity index (χ1) is 5.97. The largest absolute Gasteiger partial charge is 0.465 e. The third-order valence-electron chi connectivity index (χ3n) is 3.23. The second-order valence-electron chi connectivity index (χ2n) is 4.23. The Labute approximate surface area is 86.1 Å². The Morgan fingerprint density at radius 3 is 2.62 bits per heavy atom. The number of halogens is 1. The molecule has 0 saturated heterocycles. The van der Waals surface area contributed by atoms with Gasteiger partial charge in [0.05, 0.1) is 10.7 Å². The van der Waals surface area contributed by atoms with Crippen LogP contribution in [-0.4, -0.2) is 5.11 Å². The highest BCUT2D eigenvalue weighted by Crippen LogP contribution is 2.58. The maximum absolute atomic E-state index is 10.3. The number of hydrogen-bond donors (Lipinski definition) is 1. The zero-order valence-electron chi connectivity index (χ0n) is 7.80. The summed E-state index contributed by atoms with van der Waals surface area (Å²) in [7, 11) is 0. The van der Waals surface area contributed by atoms with Crippen LogP contribution >= 0.6 is 15.9 Å². The summed E-state index contributed by atoms with van der Waals surface area (Å²) in [6, 6.07) is 1.82. The molecular weight excluding hydrogens is 232 g/mol. The molecule has 72 valence electrons. The number of furan rings is 1. The van der Waals surface area contributed by atoms with Crippen molar-refractivity contribution >= 4 is 15.9 Å². The van der Waals surface area contributed by atoms with Gasteiger partial charge in [-0.1, -0.05) is 6.92 Å². The van der Waals surface area contributed by atoms with E-state index < -0.39 is 5.60 Å². The van der Waals surface area contributed by atoms with Crippen LogP contribution in [0.25, 0.3) is 0 Å². The van der Waals surface area contributed by atoms with Crippen LogP contribution in [0.3, 0.4) is 0 Å². The van der Waals surface area contributed by atoms with Crippen molar-refractivity contribution in [2.75, 3.05) is 0 Å². The molecule has 0 bridgehead atoms. The van der Waals surface area contributed by atoms with Crippen molar-refractivity contribution in [3.8, 4) is 0 Å². The van der Waals surface area contributed by atoms with E-state index in [2.05, 4.69) is 22.9 Å². The van der Waals surface area contributed by atoms with Crippen molar-refractivity contribution < 1.29 is 9.52 Å². The first kappa shape index (κ1) is 9.28. The molecule has 1 aromatic heterocycles. The van der Waals surface area contributed by atoms with Gasteiger partial charge in [0.15, 0.2) is 0 Å². The van der Waals surface area contributed by atoms with Gasteiger partial charge in [0.1, 0.15) is 11.4 Å². The maximum Gasteiger partial charge on any atom is 0.149 e. The van der Waals surface area contributed by atoms with Crippen molar-refractivity contribution in [2.24, 2.45) is 5.41 Å². The molecule has 1 heterocycles. The van der Waals surface area contributed by atoms with Crippen molar-refractivity contribution in [2.45, 2.75) is 32.3 Å². The highest BCUT2D eigenvalue weighted by molar-refractivity contribution is 9.10. The van der Waals surface area contributed by atoms with Crippen LogP contribution in [0.2, 0.25) is 0 Å². The van der Waals surface area contributed by atoms with Crippen molar-refractivity contribution in [3.63, 3.8) is 0 Å². The molecular formula is C10H13BrO2. The van der Waals surface area contributed by atoms with Gasteiger partial charge < -0.3 is 9.52 Å². The van der Waals surface area contributed by atoms with E-state index in [-0.39, 0.29) is 5.41 Å². The molecule has 1 fully saturated rings. The maximum atomic E-state index is 10.3. The second-order valence-corrected chi connectivity index (χ2v) is 5.08. The average Bonchev–Trinajstić information content (AvgIpc) is 2.63. The Hall–Kier alpha value is -0.280. The molecule has 13 heavy (non-hydrogen) atoms. The van der Waals surface area contributed by atoms with Gasteiger partial charge in [-0.3, -0.25) is 0 Å². The number of rotatable bonds is 2. The monoisotopic (exact) mass is 244 g/mol. The molecule has 1 atom stereocenters. The Morgan fingerprint density at radius 2 is 2.23 bits per heavy atom. The quantitative estimate of drug-likeness (QED) is 0.868. The van der Waals surface area contributed by atoms with Crippen LogP contribution in [-0.2, 0) is 5.60 Å². The molecule has 2 nitrogen and oxygen atoms in total.